The van der Waals surface area contributed by atoms with Gasteiger partial charge in [0.1, 0.15) is 0 Å². The molecule has 9 heavy (non-hydrogen) atoms. The summed E-state index contributed by atoms with van der Waals surface area (Å²) in [5.41, 5.74) is 0.438. The van der Waals surface area contributed by atoms with E-state index in [4.69, 9.17) is 5.41 Å². The number of hydrogen-bond donors (Lipinski definition) is 1. The number of carbonyl (C=O) groups is 1. The lowest BCUT2D eigenvalue weighted by Crippen LogP contribution is -2.01. The number of ether oxygens (including phenoxy) is 1. The SMILES string of the molecule is COC(=O)/C(C)=C\C=N. The summed E-state index contributed by atoms with van der Waals surface area (Å²) in [5.74, 6) is -0.390. The normalized spacial score (nSPS) is 10.7. The molecule has 0 radical (unpaired) electrons. The van der Waals surface area contributed by atoms with Crippen LogP contribution < -0.4 is 0 Å². The Balaban J connectivity index is 4.01. The molecule has 0 fully saturated rings. The molecule has 0 aliphatic rings. The predicted octanol–water partition coefficient (Wildman–Crippen LogP) is 0.755. The summed E-state index contributed by atoms with van der Waals surface area (Å²) < 4.78 is 4.35. The van der Waals surface area contributed by atoms with Gasteiger partial charge in [-0.15, -0.1) is 0 Å². The van der Waals surface area contributed by atoms with Gasteiger partial charge in [0.15, 0.2) is 0 Å². The molecule has 0 amide bonds. The Hall–Kier alpha value is -1.12. The highest BCUT2D eigenvalue weighted by atomic mass is 16.5. The van der Waals surface area contributed by atoms with Crippen LogP contribution in [0.2, 0.25) is 0 Å². The van der Waals surface area contributed by atoms with Gasteiger partial charge in [-0.2, -0.15) is 0 Å². The van der Waals surface area contributed by atoms with Crippen LogP contribution in [0.1, 0.15) is 6.92 Å². The summed E-state index contributed by atoms with van der Waals surface area (Å²) in [4.78, 5) is 10.5. The molecule has 0 heterocycles. The first-order valence-electron chi connectivity index (χ1n) is 2.48. The average molecular weight is 127 g/mol. The Morgan fingerprint density at radius 3 is 2.56 bits per heavy atom. The van der Waals surface area contributed by atoms with Crippen molar-refractivity contribution in [3.8, 4) is 0 Å². The Kier molecular flexibility index (Phi) is 3.35. The van der Waals surface area contributed by atoms with Gasteiger partial charge in [-0.05, 0) is 13.0 Å². The maximum Gasteiger partial charge on any atom is 0.333 e. The van der Waals surface area contributed by atoms with Crippen LogP contribution in [0, 0.1) is 5.41 Å². The maximum absolute atomic E-state index is 10.5. The van der Waals surface area contributed by atoms with E-state index in [9.17, 15) is 4.79 Å². The quantitative estimate of drug-likeness (QED) is 0.338. The first-order chi connectivity index (χ1) is 4.22. The van der Waals surface area contributed by atoms with Gasteiger partial charge in [0.05, 0.1) is 7.11 Å². The van der Waals surface area contributed by atoms with Gasteiger partial charge in [0, 0.05) is 11.8 Å². The van der Waals surface area contributed by atoms with E-state index in [1.165, 1.54) is 13.2 Å². The molecule has 0 bridgehead atoms. The molecule has 0 aromatic heterocycles. The van der Waals surface area contributed by atoms with Crippen LogP contribution in [-0.2, 0) is 9.53 Å². The third-order valence-corrected chi connectivity index (χ3v) is 0.841. The highest BCUT2D eigenvalue weighted by molar-refractivity contribution is 5.92. The molecule has 0 rings (SSSR count). The molecule has 0 unspecified atom stereocenters. The minimum atomic E-state index is -0.390. The molecule has 0 saturated heterocycles. The molecule has 0 aliphatic carbocycles. The predicted molar refractivity (Wildman–Crippen MR) is 34.6 cm³/mol. The Morgan fingerprint density at radius 2 is 2.22 bits per heavy atom. The van der Waals surface area contributed by atoms with Gasteiger partial charge in [0.25, 0.3) is 0 Å². The topological polar surface area (TPSA) is 50.2 Å². The van der Waals surface area contributed by atoms with Crippen molar-refractivity contribution in [1.82, 2.24) is 0 Å². The Labute approximate surface area is 53.8 Å². The van der Waals surface area contributed by atoms with Crippen LogP contribution in [0.3, 0.4) is 0 Å². The minimum Gasteiger partial charge on any atom is -0.466 e. The maximum atomic E-state index is 10.5. The van der Waals surface area contributed by atoms with Gasteiger partial charge in [0.2, 0.25) is 0 Å². The van der Waals surface area contributed by atoms with Gasteiger partial charge < -0.3 is 10.1 Å². The van der Waals surface area contributed by atoms with Crippen molar-refractivity contribution in [3.63, 3.8) is 0 Å². The van der Waals surface area contributed by atoms with Gasteiger partial charge in [-0.1, -0.05) is 0 Å². The van der Waals surface area contributed by atoms with E-state index < -0.39 is 5.97 Å². The highest BCUT2D eigenvalue weighted by Crippen LogP contribution is 1.91. The number of esters is 1. The summed E-state index contributed by atoms with van der Waals surface area (Å²) in [6.07, 6.45) is 2.43. The number of nitrogens with one attached hydrogen (secondary N) is 1. The fraction of sp³-hybridized carbons (Fsp3) is 0.333. The molecule has 0 aromatic rings. The minimum absolute atomic E-state index is 0.390. The van der Waals surface area contributed by atoms with Crippen molar-refractivity contribution >= 4 is 12.2 Å². The zero-order chi connectivity index (χ0) is 7.28. The van der Waals surface area contributed by atoms with Crippen molar-refractivity contribution in [2.45, 2.75) is 6.92 Å². The largest absolute Gasteiger partial charge is 0.466 e. The van der Waals surface area contributed by atoms with E-state index in [0.717, 1.165) is 6.21 Å². The third-order valence-electron chi connectivity index (χ3n) is 0.841. The smallest absolute Gasteiger partial charge is 0.333 e. The summed E-state index contributed by atoms with van der Waals surface area (Å²) in [7, 11) is 1.31. The molecule has 0 atom stereocenters. The fourth-order valence-electron chi connectivity index (χ4n) is 0.354. The number of allylic oxidation sites excluding steroid dienone is 1. The molecule has 0 saturated carbocycles. The van der Waals surface area contributed by atoms with Crippen LogP contribution in [0.25, 0.3) is 0 Å². The number of carbonyl (C=O) groups excluding carboxylic acids is 1. The fourth-order valence-corrected chi connectivity index (χ4v) is 0.354. The molecular formula is C6H9NO2. The second-order valence-corrected chi connectivity index (χ2v) is 1.51. The van der Waals surface area contributed by atoms with Crippen molar-refractivity contribution < 1.29 is 9.53 Å². The molecule has 0 aromatic carbocycles. The van der Waals surface area contributed by atoms with Gasteiger partial charge in [-0.3, -0.25) is 0 Å². The molecule has 50 valence electrons. The monoisotopic (exact) mass is 127 g/mol. The van der Waals surface area contributed by atoms with Crippen LogP contribution in [-0.4, -0.2) is 19.3 Å². The van der Waals surface area contributed by atoms with Crippen LogP contribution in [0.15, 0.2) is 11.6 Å². The Bertz CT molecular complexity index is 149. The third kappa shape index (κ3) is 2.64. The summed E-state index contributed by atoms with van der Waals surface area (Å²) >= 11 is 0. The van der Waals surface area contributed by atoms with Crippen LogP contribution in [0.4, 0.5) is 0 Å². The number of hydrogen-bond acceptors (Lipinski definition) is 3. The lowest BCUT2D eigenvalue weighted by Gasteiger charge is -1.93. The first kappa shape index (κ1) is 7.88. The van der Waals surface area contributed by atoms with Crippen molar-refractivity contribution in [3.05, 3.63) is 11.6 Å². The van der Waals surface area contributed by atoms with Crippen LogP contribution in [0.5, 0.6) is 0 Å². The molecule has 0 spiro atoms. The van der Waals surface area contributed by atoms with E-state index >= 15 is 0 Å². The highest BCUT2D eigenvalue weighted by Gasteiger charge is 1.99. The standard InChI is InChI=1S/C6H9NO2/c1-5(3-4-7)6(8)9-2/h3-4,7H,1-2H3/b5-3-,7-4?. The van der Waals surface area contributed by atoms with E-state index in [2.05, 4.69) is 4.74 Å². The Morgan fingerprint density at radius 1 is 1.67 bits per heavy atom. The molecule has 1 N–H and O–H groups in total. The lowest BCUT2D eigenvalue weighted by atomic mass is 10.3. The molecule has 3 heteroatoms. The molecule has 0 aliphatic heterocycles. The first-order valence-corrected chi connectivity index (χ1v) is 2.48. The number of methoxy groups -OCH3 is 1. The number of rotatable bonds is 2. The van der Waals surface area contributed by atoms with Crippen molar-refractivity contribution in [2.75, 3.05) is 7.11 Å². The zero-order valence-electron chi connectivity index (χ0n) is 5.47. The van der Waals surface area contributed by atoms with Crippen molar-refractivity contribution in [2.24, 2.45) is 0 Å². The second kappa shape index (κ2) is 3.83. The van der Waals surface area contributed by atoms with Crippen molar-refractivity contribution in [1.29, 1.82) is 5.41 Å². The molecular weight excluding hydrogens is 118 g/mol. The van der Waals surface area contributed by atoms with E-state index in [1.807, 2.05) is 0 Å². The lowest BCUT2D eigenvalue weighted by molar-refractivity contribution is -0.136. The average Bonchev–Trinajstić information content (AvgIpc) is 1.87. The summed E-state index contributed by atoms with van der Waals surface area (Å²) in [5, 5.41) is 6.59. The zero-order valence-corrected chi connectivity index (χ0v) is 5.47. The van der Waals surface area contributed by atoms with Gasteiger partial charge >= 0.3 is 5.97 Å². The summed E-state index contributed by atoms with van der Waals surface area (Å²) in [6.45, 7) is 1.59. The van der Waals surface area contributed by atoms with E-state index in [-0.39, 0.29) is 0 Å². The second-order valence-electron chi connectivity index (χ2n) is 1.51. The van der Waals surface area contributed by atoms with Gasteiger partial charge in [-0.25, -0.2) is 4.79 Å². The van der Waals surface area contributed by atoms with E-state index in [0.29, 0.717) is 5.57 Å². The molecule has 3 nitrogen and oxygen atoms in total. The van der Waals surface area contributed by atoms with E-state index in [1.54, 1.807) is 6.92 Å². The van der Waals surface area contributed by atoms with Crippen LogP contribution >= 0.6 is 0 Å². The summed E-state index contributed by atoms with van der Waals surface area (Å²) in [6, 6.07) is 0.